The average molecular weight is 264 g/mol. The molecule has 1 aliphatic rings. The monoisotopic (exact) mass is 264 g/mol. The number of hydrogen-bond acceptors (Lipinski definition) is 4. The van der Waals surface area contributed by atoms with Crippen molar-refractivity contribution >= 4 is 5.97 Å². The molecule has 0 radical (unpaired) electrons. The lowest BCUT2D eigenvalue weighted by atomic mass is 9.95. The second kappa shape index (κ2) is 6.63. The second-order valence-electron chi connectivity index (χ2n) is 5.07. The first-order valence-corrected chi connectivity index (χ1v) is 6.71. The van der Waals surface area contributed by atoms with Gasteiger partial charge in [-0.05, 0) is 43.9 Å². The number of aliphatic hydroxyl groups is 1. The lowest BCUT2D eigenvalue weighted by molar-refractivity contribution is 0.0689. The maximum atomic E-state index is 10.9. The predicted molar refractivity (Wildman–Crippen MR) is 70.9 cm³/mol. The van der Waals surface area contributed by atoms with Gasteiger partial charge in [-0.1, -0.05) is 6.07 Å². The van der Waals surface area contributed by atoms with Crippen molar-refractivity contribution in [1.82, 2.24) is 9.88 Å². The highest BCUT2D eigenvalue weighted by atomic mass is 16.4. The largest absolute Gasteiger partial charge is 0.477 e. The maximum absolute atomic E-state index is 10.9. The fourth-order valence-corrected chi connectivity index (χ4v) is 2.63. The van der Waals surface area contributed by atoms with Crippen molar-refractivity contribution in [2.75, 3.05) is 19.7 Å². The van der Waals surface area contributed by atoms with Crippen LogP contribution in [0.5, 0.6) is 0 Å². The number of nitrogens with zero attached hydrogens (tertiary/aromatic N) is 2. The minimum absolute atomic E-state index is 0.0985. The van der Waals surface area contributed by atoms with Gasteiger partial charge in [0.2, 0.25) is 0 Å². The molecule has 0 bridgehead atoms. The van der Waals surface area contributed by atoms with Crippen LogP contribution in [0.4, 0.5) is 0 Å². The van der Waals surface area contributed by atoms with Crippen molar-refractivity contribution in [2.45, 2.75) is 25.8 Å². The number of carbonyl (C=O) groups is 1. The molecule has 104 valence electrons. The van der Waals surface area contributed by atoms with Gasteiger partial charge in [0.25, 0.3) is 0 Å². The Morgan fingerprint density at radius 3 is 3.05 bits per heavy atom. The number of piperidine rings is 1. The van der Waals surface area contributed by atoms with E-state index in [4.69, 9.17) is 10.2 Å². The van der Waals surface area contributed by atoms with Crippen LogP contribution in [-0.4, -0.2) is 45.8 Å². The van der Waals surface area contributed by atoms with E-state index >= 15 is 0 Å². The molecule has 1 fully saturated rings. The van der Waals surface area contributed by atoms with Crippen LogP contribution in [0.3, 0.4) is 0 Å². The summed E-state index contributed by atoms with van der Waals surface area (Å²) in [6, 6.07) is 5.11. The van der Waals surface area contributed by atoms with Gasteiger partial charge < -0.3 is 10.2 Å². The van der Waals surface area contributed by atoms with E-state index in [2.05, 4.69) is 9.88 Å². The first-order valence-electron chi connectivity index (χ1n) is 6.71. The van der Waals surface area contributed by atoms with E-state index in [1.54, 1.807) is 6.07 Å². The highest BCUT2D eigenvalue weighted by Gasteiger charge is 2.20. The minimum Gasteiger partial charge on any atom is -0.477 e. The van der Waals surface area contributed by atoms with Crippen LogP contribution in [0.15, 0.2) is 18.2 Å². The van der Waals surface area contributed by atoms with Gasteiger partial charge >= 0.3 is 5.97 Å². The quantitative estimate of drug-likeness (QED) is 0.840. The van der Waals surface area contributed by atoms with Crippen LogP contribution in [0.2, 0.25) is 0 Å². The topological polar surface area (TPSA) is 73.7 Å². The van der Waals surface area contributed by atoms with E-state index in [1.165, 1.54) is 12.5 Å². The van der Waals surface area contributed by atoms with Crippen LogP contribution < -0.4 is 0 Å². The summed E-state index contributed by atoms with van der Waals surface area (Å²) in [5, 5.41) is 17.9. The lowest BCUT2D eigenvalue weighted by Gasteiger charge is -2.32. The molecule has 1 aliphatic heterocycles. The summed E-state index contributed by atoms with van der Waals surface area (Å²) < 4.78 is 0. The Morgan fingerprint density at radius 1 is 1.47 bits per heavy atom. The van der Waals surface area contributed by atoms with Gasteiger partial charge in [-0.15, -0.1) is 0 Å². The van der Waals surface area contributed by atoms with Gasteiger partial charge in [0.1, 0.15) is 5.69 Å². The number of carboxylic acid groups (broad SMARTS) is 1. The SMILES string of the molecule is O=C(O)c1cccc(CN2CCCC(CCO)C2)n1. The zero-order valence-corrected chi connectivity index (χ0v) is 11.0. The summed E-state index contributed by atoms with van der Waals surface area (Å²) in [4.78, 5) is 17.3. The fourth-order valence-electron chi connectivity index (χ4n) is 2.63. The van der Waals surface area contributed by atoms with E-state index in [9.17, 15) is 4.79 Å². The number of hydrogen-bond donors (Lipinski definition) is 2. The normalized spacial score (nSPS) is 20.4. The minimum atomic E-state index is -0.987. The Morgan fingerprint density at radius 2 is 2.32 bits per heavy atom. The number of likely N-dealkylation sites (tertiary alicyclic amines) is 1. The molecule has 1 atom stereocenters. The summed E-state index contributed by atoms with van der Waals surface area (Å²) in [5.41, 5.74) is 0.894. The Balaban J connectivity index is 1.96. The Hall–Kier alpha value is -1.46. The van der Waals surface area contributed by atoms with Gasteiger partial charge in [-0.25, -0.2) is 9.78 Å². The van der Waals surface area contributed by atoms with Crippen LogP contribution in [-0.2, 0) is 6.54 Å². The van der Waals surface area contributed by atoms with E-state index < -0.39 is 5.97 Å². The number of rotatable bonds is 5. The Bertz CT molecular complexity index is 434. The zero-order valence-electron chi connectivity index (χ0n) is 11.0. The summed E-state index contributed by atoms with van der Waals surface area (Å²) in [6.07, 6.45) is 3.14. The third kappa shape index (κ3) is 4.01. The molecule has 2 rings (SSSR count). The van der Waals surface area contributed by atoms with Gasteiger partial charge in [0, 0.05) is 19.7 Å². The smallest absolute Gasteiger partial charge is 0.354 e. The molecule has 5 nitrogen and oxygen atoms in total. The molecule has 0 spiro atoms. The maximum Gasteiger partial charge on any atom is 0.354 e. The van der Waals surface area contributed by atoms with Gasteiger partial charge in [0.05, 0.1) is 5.69 Å². The van der Waals surface area contributed by atoms with Crippen molar-refractivity contribution < 1.29 is 15.0 Å². The molecule has 0 saturated carbocycles. The highest BCUT2D eigenvalue weighted by molar-refractivity contribution is 5.85. The van der Waals surface area contributed by atoms with Crippen LogP contribution >= 0.6 is 0 Å². The van der Waals surface area contributed by atoms with Crippen molar-refractivity contribution in [3.63, 3.8) is 0 Å². The lowest BCUT2D eigenvalue weighted by Crippen LogP contribution is -2.35. The average Bonchev–Trinajstić information content (AvgIpc) is 2.40. The van der Waals surface area contributed by atoms with Crippen LogP contribution in [0, 0.1) is 5.92 Å². The molecule has 2 N–H and O–H groups in total. The molecular formula is C14H20N2O3. The Labute approximate surface area is 112 Å². The molecule has 5 heteroatoms. The van der Waals surface area contributed by atoms with E-state index in [0.717, 1.165) is 31.6 Å². The van der Waals surface area contributed by atoms with Crippen LogP contribution in [0.25, 0.3) is 0 Å². The van der Waals surface area contributed by atoms with E-state index in [-0.39, 0.29) is 12.3 Å². The van der Waals surface area contributed by atoms with Gasteiger partial charge in [-0.3, -0.25) is 4.90 Å². The molecule has 19 heavy (non-hydrogen) atoms. The van der Waals surface area contributed by atoms with Crippen LogP contribution in [0.1, 0.15) is 35.4 Å². The van der Waals surface area contributed by atoms with Crippen molar-refractivity contribution in [3.05, 3.63) is 29.6 Å². The van der Waals surface area contributed by atoms with Gasteiger partial charge in [0.15, 0.2) is 0 Å². The fraction of sp³-hybridized carbons (Fsp3) is 0.571. The van der Waals surface area contributed by atoms with Gasteiger partial charge in [-0.2, -0.15) is 0 Å². The van der Waals surface area contributed by atoms with E-state index in [1.807, 2.05) is 6.07 Å². The molecule has 1 unspecified atom stereocenters. The molecule has 1 aromatic heterocycles. The number of pyridine rings is 1. The molecule has 1 aromatic rings. The molecule has 0 amide bonds. The van der Waals surface area contributed by atoms with Crippen molar-refractivity contribution in [1.29, 1.82) is 0 Å². The third-order valence-corrected chi connectivity index (χ3v) is 3.55. The molecule has 1 saturated heterocycles. The highest BCUT2D eigenvalue weighted by Crippen LogP contribution is 2.20. The Kier molecular flexibility index (Phi) is 4.87. The van der Waals surface area contributed by atoms with E-state index in [0.29, 0.717) is 12.5 Å². The predicted octanol–water partition coefficient (Wildman–Crippen LogP) is 1.37. The number of aromatic carboxylic acids is 1. The summed E-state index contributed by atoms with van der Waals surface area (Å²) in [6.45, 7) is 2.90. The number of aromatic nitrogens is 1. The molecule has 0 aromatic carbocycles. The molecule has 0 aliphatic carbocycles. The van der Waals surface area contributed by atoms with Crippen molar-refractivity contribution in [3.8, 4) is 0 Å². The first-order chi connectivity index (χ1) is 9.19. The summed E-state index contributed by atoms with van der Waals surface area (Å²) in [7, 11) is 0. The second-order valence-corrected chi connectivity index (χ2v) is 5.07. The summed E-state index contributed by atoms with van der Waals surface area (Å²) in [5.74, 6) is -0.444. The van der Waals surface area contributed by atoms with Crippen molar-refractivity contribution in [2.24, 2.45) is 5.92 Å². The standard InChI is InChI=1S/C14H20N2O3/c17-8-6-11-3-2-7-16(9-11)10-12-4-1-5-13(15-12)14(18)19/h1,4-5,11,17H,2-3,6-10H2,(H,18,19). The zero-order chi connectivity index (χ0) is 13.7. The third-order valence-electron chi connectivity index (χ3n) is 3.55. The number of aliphatic hydroxyl groups excluding tert-OH is 1. The number of carboxylic acids is 1. The molecular weight excluding hydrogens is 244 g/mol. The molecule has 2 heterocycles. The summed E-state index contributed by atoms with van der Waals surface area (Å²) >= 11 is 0. The first kappa shape index (κ1) is 14.0.